The minimum atomic E-state index is -0.846. The van der Waals surface area contributed by atoms with Crippen molar-refractivity contribution < 1.29 is 19.1 Å². The van der Waals surface area contributed by atoms with E-state index in [0.29, 0.717) is 37.9 Å². The second kappa shape index (κ2) is 7.05. The normalized spacial score (nSPS) is 16.4. The van der Waals surface area contributed by atoms with Crippen molar-refractivity contribution in [1.29, 1.82) is 0 Å². The van der Waals surface area contributed by atoms with Gasteiger partial charge < -0.3 is 10.0 Å². The molecular formula is C20H20FNO3. The van der Waals surface area contributed by atoms with E-state index in [1.54, 1.807) is 4.90 Å². The molecule has 2 aromatic rings. The molecule has 2 aromatic carbocycles. The van der Waals surface area contributed by atoms with Crippen molar-refractivity contribution in [3.8, 4) is 0 Å². The first-order valence-electron chi connectivity index (χ1n) is 8.32. The Morgan fingerprint density at radius 3 is 2.16 bits per heavy atom. The summed E-state index contributed by atoms with van der Waals surface area (Å²) in [6, 6.07) is 15.0. The number of benzene rings is 2. The van der Waals surface area contributed by atoms with E-state index >= 15 is 0 Å². The molecule has 0 aromatic heterocycles. The summed E-state index contributed by atoms with van der Waals surface area (Å²) in [5, 5.41) is 9.78. The van der Waals surface area contributed by atoms with Gasteiger partial charge in [0.1, 0.15) is 5.82 Å². The zero-order chi connectivity index (χ0) is 17.9. The van der Waals surface area contributed by atoms with Crippen LogP contribution < -0.4 is 0 Å². The molecule has 1 fully saturated rings. The van der Waals surface area contributed by atoms with Gasteiger partial charge in [0.15, 0.2) is 0 Å². The van der Waals surface area contributed by atoms with Gasteiger partial charge in [-0.3, -0.25) is 9.59 Å². The van der Waals surface area contributed by atoms with E-state index in [2.05, 4.69) is 0 Å². The number of likely N-dealkylation sites (tertiary alicyclic amines) is 1. The zero-order valence-corrected chi connectivity index (χ0v) is 13.8. The quantitative estimate of drug-likeness (QED) is 0.927. The Bertz CT molecular complexity index is 750. The fourth-order valence-corrected chi connectivity index (χ4v) is 3.37. The lowest BCUT2D eigenvalue weighted by molar-refractivity contribution is -0.151. The van der Waals surface area contributed by atoms with E-state index in [0.717, 1.165) is 5.56 Å². The third-order valence-corrected chi connectivity index (χ3v) is 4.94. The molecule has 1 N–H and O–H groups in total. The number of amides is 1. The number of carbonyl (C=O) groups is 2. The number of rotatable bonds is 4. The highest BCUT2D eigenvalue weighted by atomic mass is 19.1. The lowest BCUT2D eigenvalue weighted by Crippen LogP contribution is -2.47. The maximum absolute atomic E-state index is 13.0. The predicted octanol–water partition coefficient (Wildman–Crippen LogP) is 3.38. The largest absolute Gasteiger partial charge is 0.481 e. The summed E-state index contributed by atoms with van der Waals surface area (Å²) in [5.74, 6) is -1.38. The second-order valence-corrected chi connectivity index (χ2v) is 6.55. The van der Waals surface area contributed by atoms with Crippen LogP contribution in [0.15, 0.2) is 54.6 Å². The molecule has 1 aliphatic rings. The average molecular weight is 341 g/mol. The van der Waals surface area contributed by atoms with Crippen LogP contribution in [0.5, 0.6) is 0 Å². The molecule has 25 heavy (non-hydrogen) atoms. The highest BCUT2D eigenvalue weighted by Crippen LogP contribution is 2.36. The van der Waals surface area contributed by atoms with E-state index in [1.807, 2.05) is 30.3 Å². The van der Waals surface area contributed by atoms with Crippen molar-refractivity contribution in [3.63, 3.8) is 0 Å². The van der Waals surface area contributed by atoms with Gasteiger partial charge in [-0.25, -0.2) is 4.39 Å². The van der Waals surface area contributed by atoms with Gasteiger partial charge in [-0.05, 0) is 49.1 Å². The van der Waals surface area contributed by atoms with Crippen LogP contribution >= 0.6 is 0 Å². The molecule has 1 saturated heterocycles. The SMILES string of the molecule is O=C(c1ccc(F)cc1)N1CCC(Cc2ccccc2)(C(=O)O)CC1. The van der Waals surface area contributed by atoms with Crippen LogP contribution in [-0.4, -0.2) is 35.0 Å². The van der Waals surface area contributed by atoms with E-state index in [1.165, 1.54) is 24.3 Å². The van der Waals surface area contributed by atoms with Gasteiger partial charge in [-0.15, -0.1) is 0 Å². The molecule has 1 amide bonds. The molecular weight excluding hydrogens is 321 g/mol. The van der Waals surface area contributed by atoms with Gasteiger partial charge >= 0.3 is 5.97 Å². The predicted molar refractivity (Wildman–Crippen MR) is 91.8 cm³/mol. The third kappa shape index (κ3) is 3.71. The minimum Gasteiger partial charge on any atom is -0.481 e. The first-order chi connectivity index (χ1) is 12.0. The number of hydrogen-bond acceptors (Lipinski definition) is 2. The lowest BCUT2D eigenvalue weighted by atomic mass is 9.73. The Balaban J connectivity index is 1.70. The van der Waals surface area contributed by atoms with Crippen LogP contribution in [0.1, 0.15) is 28.8 Å². The molecule has 130 valence electrons. The Morgan fingerprint density at radius 2 is 1.60 bits per heavy atom. The standard InChI is InChI=1S/C20H20FNO3/c21-17-8-6-16(7-9-17)18(23)22-12-10-20(11-13-22,19(24)25)14-15-4-2-1-3-5-15/h1-9H,10-14H2,(H,24,25). The van der Waals surface area contributed by atoms with E-state index in [-0.39, 0.29) is 11.7 Å². The van der Waals surface area contributed by atoms with Gasteiger partial charge in [0.2, 0.25) is 0 Å². The van der Waals surface area contributed by atoms with Crippen molar-refractivity contribution in [1.82, 2.24) is 4.90 Å². The number of piperidine rings is 1. The molecule has 0 radical (unpaired) electrons. The summed E-state index contributed by atoms with van der Waals surface area (Å²) < 4.78 is 13.0. The first kappa shape index (κ1) is 17.1. The molecule has 3 rings (SSSR count). The smallest absolute Gasteiger partial charge is 0.310 e. The van der Waals surface area contributed by atoms with Gasteiger partial charge in [-0.1, -0.05) is 30.3 Å². The monoisotopic (exact) mass is 341 g/mol. The van der Waals surface area contributed by atoms with Gasteiger partial charge in [0, 0.05) is 18.7 Å². The first-order valence-corrected chi connectivity index (χ1v) is 8.32. The highest BCUT2D eigenvalue weighted by Gasteiger charge is 2.42. The Morgan fingerprint density at radius 1 is 1.00 bits per heavy atom. The van der Waals surface area contributed by atoms with Crippen LogP contribution in [0.2, 0.25) is 0 Å². The van der Waals surface area contributed by atoms with Crippen LogP contribution in [0.4, 0.5) is 4.39 Å². The number of carboxylic acid groups (broad SMARTS) is 1. The molecule has 4 nitrogen and oxygen atoms in total. The summed E-state index contributed by atoms with van der Waals surface area (Å²) in [6.45, 7) is 0.769. The summed E-state index contributed by atoms with van der Waals surface area (Å²) >= 11 is 0. The molecule has 0 spiro atoms. The summed E-state index contributed by atoms with van der Waals surface area (Å²) in [5.41, 5.74) is 0.566. The van der Waals surface area contributed by atoms with Gasteiger partial charge in [0.25, 0.3) is 5.91 Å². The van der Waals surface area contributed by atoms with Crippen LogP contribution in [0.25, 0.3) is 0 Å². The molecule has 5 heteroatoms. The highest BCUT2D eigenvalue weighted by molar-refractivity contribution is 5.94. The van der Waals surface area contributed by atoms with Crippen molar-refractivity contribution in [2.45, 2.75) is 19.3 Å². The second-order valence-electron chi connectivity index (χ2n) is 6.55. The van der Waals surface area contributed by atoms with Crippen molar-refractivity contribution in [2.24, 2.45) is 5.41 Å². The molecule has 0 unspecified atom stereocenters. The molecule has 0 atom stereocenters. The molecule has 1 heterocycles. The fraction of sp³-hybridized carbons (Fsp3) is 0.300. The summed E-state index contributed by atoms with van der Waals surface area (Å²) in [6.07, 6.45) is 1.27. The van der Waals surface area contributed by atoms with Crippen LogP contribution in [-0.2, 0) is 11.2 Å². The topological polar surface area (TPSA) is 57.6 Å². The number of halogens is 1. The fourth-order valence-electron chi connectivity index (χ4n) is 3.37. The molecule has 0 aliphatic carbocycles. The summed E-state index contributed by atoms with van der Waals surface area (Å²) in [4.78, 5) is 26.1. The van der Waals surface area contributed by atoms with E-state index < -0.39 is 11.4 Å². The van der Waals surface area contributed by atoms with E-state index in [9.17, 15) is 19.1 Å². The van der Waals surface area contributed by atoms with Crippen molar-refractivity contribution >= 4 is 11.9 Å². The maximum atomic E-state index is 13.0. The van der Waals surface area contributed by atoms with Gasteiger partial charge in [-0.2, -0.15) is 0 Å². The van der Waals surface area contributed by atoms with Crippen molar-refractivity contribution in [2.75, 3.05) is 13.1 Å². The lowest BCUT2D eigenvalue weighted by Gasteiger charge is -2.39. The Labute approximate surface area is 145 Å². The number of nitrogens with zero attached hydrogens (tertiary/aromatic N) is 1. The maximum Gasteiger partial charge on any atom is 0.310 e. The number of carboxylic acids is 1. The zero-order valence-electron chi connectivity index (χ0n) is 13.8. The number of aliphatic carboxylic acids is 1. The van der Waals surface area contributed by atoms with Crippen LogP contribution in [0.3, 0.4) is 0 Å². The number of carbonyl (C=O) groups excluding carboxylic acids is 1. The van der Waals surface area contributed by atoms with Crippen molar-refractivity contribution in [3.05, 3.63) is 71.5 Å². The van der Waals surface area contributed by atoms with Crippen LogP contribution in [0, 0.1) is 11.2 Å². The molecule has 0 bridgehead atoms. The summed E-state index contributed by atoms with van der Waals surface area (Å²) in [7, 11) is 0. The minimum absolute atomic E-state index is 0.182. The Kier molecular flexibility index (Phi) is 4.83. The van der Waals surface area contributed by atoms with E-state index in [4.69, 9.17) is 0 Å². The Hall–Kier alpha value is -2.69. The third-order valence-electron chi connectivity index (χ3n) is 4.94. The number of hydrogen-bond donors (Lipinski definition) is 1. The molecule has 1 aliphatic heterocycles. The molecule has 0 saturated carbocycles. The van der Waals surface area contributed by atoms with Gasteiger partial charge in [0.05, 0.1) is 5.41 Å². The average Bonchev–Trinajstić information content (AvgIpc) is 2.63.